The molecule has 0 radical (unpaired) electrons. The molecule has 0 unspecified atom stereocenters. The number of esters is 1. The van der Waals surface area contributed by atoms with E-state index < -0.39 is 29.6 Å². The summed E-state index contributed by atoms with van der Waals surface area (Å²) in [7, 11) is 1.23. The van der Waals surface area contributed by atoms with Crippen molar-refractivity contribution in [3.05, 3.63) is 131 Å². The predicted molar refractivity (Wildman–Crippen MR) is 146 cm³/mol. The van der Waals surface area contributed by atoms with Crippen molar-refractivity contribution in [2.75, 3.05) is 7.11 Å². The minimum Gasteiger partial charge on any atom is -0.485 e. The first-order valence-corrected chi connectivity index (χ1v) is 12.7. The molecule has 0 aromatic heterocycles. The van der Waals surface area contributed by atoms with Gasteiger partial charge in [-0.25, -0.2) is 13.6 Å². The van der Waals surface area contributed by atoms with Crippen molar-refractivity contribution in [1.29, 1.82) is 0 Å². The van der Waals surface area contributed by atoms with E-state index in [1.165, 1.54) is 13.2 Å². The standard InChI is InChI=1S/C32H29F2NO5/c1-38-32(37)28(35-31(36)19-24-12-14-26(33)27(34)16-24)17-25-13-15-29(39-20-22-8-4-2-5-9-22)30(18-25)40-21-23-10-6-3-7-11-23/h2-16,18,28H,17,19-21H2,1H3,(H,35,36)/t28-/m1/s1. The van der Waals surface area contributed by atoms with Gasteiger partial charge in [0.25, 0.3) is 0 Å². The van der Waals surface area contributed by atoms with E-state index >= 15 is 0 Å². The SMILES string of the molecule is COC(=O)[C@@H](Cc1ccc(OCc2ccccc2)c(OCc2ccccc2)c1)NC(=O)Cc1ccc(F)c(F)c1. The Kier molecular flexibility index (Phi) is 9.83. The van der Waals surface area contributed by atoms with Crippen LogP contribution in [0.4, 0.5) is 8.78 Å². The highest BCUT2D eigenvalue weighted by molar-refractivity contribution is 5.85. The number of rotatable bonds is 12. The van der Waals surface area contributed by atoms with Gasteiger partial charge >= 0.3 is 5.97 Å². The van der Waals surface area contributed by atoms with Crippen LogP contribution in [0.2, 0.25) is 0 Å². The van der Waals surface area contributed by atoms with E-state index in [1.807, 2.05) is 60.7 Å². The summed E-state index contributed by atoms with van der Waals surface area (Å²) >= 11 is 0. The third-order valence-corrected chi connectivity index (χ3v) is 6.09. The second-order valence-corrected chi connectivity index (χ2v) is 9.10. The van der Waals surface area contributed by atoms with Gasteiger partial charge in [0, 0.05) is 6.42 Å². The van der Waals surface area contributed by atoms with Crippen LogP contribution in [-0.2, 0) is 40.4 Å². The number of halogens is 2. The molecule has 4 aromatic rings. The van der Waals surface area contributed by atoms with Gasteiger partial charge < -0.3 is 19.5 Å². The largest absolute Gasteiger partial charge is 0.485 e. The molecule has 206 valence electrons. The molecule has 4 rings (SSSR count). The summed E-state index contributed by atoms with van der Waals surface area (Å²) in [5, 5.41) is 2.64. The normalized spacial score (nSPS) is 11.4. The fourth-order valence-corrected chi connectivity index (χ4v) is 4.03. The Balaban J connectivity index is 1.50. The van der Waals surface area contributed by atoms with Gasteiger partial charge in [-0.3, -0.25) is 4.79 Å². The first kappa shape index (κ1) is 28.3. The van der Waals surface area contributed by atoms with Crippen LogP contribution >= 0.6 is 0 Å². The van der Waals surface area contributed by atoms with E-state index in [1.54, 1.807) is 18.2 Å². The molecule has 0 saturated heterocycles. The Morgan fingerprint density at radius 2 is 1.30 bits per heavy atom. The number of methoxy groups -OCH3 is 1. The first-order valence-electron chi connectivity index (χ1n) is 12.7. The molecule has 0 aliphatic heterocycles. The minimum atomic E-state index is -1.05. The monoisotopic (exact) mass is 545 g/mol. The van der Waals surface area contributed by atoms with Gasteiger partial charge in [-0.2, -0.15) is 0 Å². The smallest absolute Gasteiger partial charge is 0.328 e. The first-order chi connectivity index (χ1) is 19.4. The van der Waals surface area contributed by atoms with Gasteiger partial charge in [0.1, 0.15) is 19.3 Å². The average Bonchev–Trinajstić information content (AvgIpc) is 2.97. The van der Waals surface area contributed by atoms with Gasteiger partial charge in [0.2, 0.25) is 5.91 Å². The number of hydrogen-bond donors (Lipinski definition) is 1. The molecule has 0 aliphatic carbocycles. The number of amides is 1. The zero-order valence-electron chi connectivity index (χ0n) is 21.9. The molecule has 0 heterocycles. The van der Waals surface area contributed by atoms with E-state index in [0.29, 0.717) is 30.3 Å². The maximum absolute atomic E-state index is 13.6. The summed E-state index contributed by atoms with van der Waals surface area (Å²) in [6.07, 6.45) is -0.126. The molecular formula is C32H29F2NO5. The molecule has 0 bridgehead atoms. The molecule has 1 amide bonds. The molecule has 4 aromatic carbocycles. The lowest BCUT2D eigenvalue weighted by Crippen LogP contribution is -2.43. The van der Waals surface area contributed by atoms with Crippen LogP contribution in [0.15, 0.2) is 97.1 Å². The van der Waals surface area contributed by atoms with Crippen LogP contribution in [-0.4, -0.2) is 25.0 Å². The van der Waals surface area contributed by atoms with Crippen molar-refractivity contribution in [2.24, 2.45) is 0 Å². The highest BCUT2D eigenvalue weighted by atomic mass is 19.2. The highest BCUT2D eigenvalue weighted by Crippen LogP contribution is 2.31. The molecule has 0 saturated carbocycles. The quantitative estimate of drug-likeness (QED) is 0.236. The molecule has 1 N–H and O–H groups in total. The number of ether oxygens (including phenoxy) is 3. The number of hydrogen-bond acceptors (Lipinski definition) is 5. The maximum Gasteiger partial charge on any atom is 0.328 e. The Morgan fingerprint density at radius 3 is 1.90 bits per heavy atom. The molecule has 1 atom stereocenters. The average molecular weight is 546 g/mol. The van der Waals surface area contributed by atoms with Crippen molar-refractivity contribution in [3.63, 3.8) is 0 Å². The van der Waals surface area contributed by atoms with Crippen molar-refractivity contribution < 1.29 is 32.6 Å². The Hall–Kier alpha value is -4.72. The van der Waals surface area contributed by atoms with Gasteiger partial charge in [0.15, 0.2) is 23.1 Å². The van der Waals surface area contributed by atoms with Gasteiger partial charge in [-0.15, -0.1) is 0 Å². The van der Waals surface area contributed by atoms with Crippen LogP contribution in [0.5, 0.6) is 11.5 Å². The number of nitrogens with one attached hydrogen (secondary N) is 1. The maximum atomic E-state index is 13.6. The summed E-state index contributed by atoms with van der Waals surface area (Å²) in [5.74, 6) is -2.22. The van der Waals surface area contributed by atoms with Crippen LogP contribution in [0.1, 0.15) is 22.3 Å². The van der Waals surface area contributed by atoms with Crippen LogP contribution < -0.4 is 14.8 Å². The van der Waals surface area contributed by atoms with E-state index in [4.69, 9.17) is 14.2 Å². The Bertz CT molecular complexity index is 1430. The Morgan fingerprint density at radius 1 is 0.700 bits per heavy atom. The third kappa shape index (κ3) is 8.14. The van der Waals surface area contributed by atoms with E-state index in [0.717, 1.165) is 23.3 Å². The Labute approximate surface area is 231 Å². The van der Waals surface area contributed by atoms with Gasteiger partial charge in [0.05, 0.1) is 13.5 Å². The van der Waals surface area contributed by atoms with E-state index in [9.17, 15) is 18.4 Å². The molecule has 40 heavy (non-hydrogen) atoms. The summed E-state index contributed by atoms with van der Waals surface area (Å²) in [4.78, 5) is 25.2. The minimum absolute atomic E-state index is 0.108. The fraction of sp³-hybridized carbons (Fsp3) is 0.188. The van der Waals surface area contributed by atoms with Crippen molar-refractivity contribution in [2.45, 2.75) is 32.1 Å². The lowest BCUT2D eigenvalue weighted by Gasteiger charge is -2.19. The lowest BCUT2D eigenvalue weighted by atomic mass is 10.0. The summed E-state index contributed by atoms with van der Waals surface area (Å²) in [6, 6.07) is 26.9. The topological polar surface area (TPSA) is 73.9 Å². The van der Waals surface area contributed by atoms with E-state index in [2.05, 4.69) is 5.32 Å². The second kappa shape index (κ2) is 13.9. The molecule has 0 spiro atoms. The zero-order valence-corrected chi connectivity index (χ0v) is 21.9. The van der Waals surface area contributed by atoms with E-state index in [-0.39, 0.29) is 18.4 Å². The summed E-state index contributed by atoms with van der Waals surface area (Å²) in [5.41, 5.74) is 2.93. The molecule has 8 heteroatoms. The number of carbonyl (C=O) groups is 2. The number of benzene rings is 4. The second-order valence-electron chi connectivity index (χ2n) is 9.10. The molecule has 0 fully saturated rings. The van der Waals surface area contributed by atoms with Gasteiger partial charge in [-0.1, -0.05) is 72.8 Å². The van der Waals surface area contributed by atoms with Crippen molar-refractivity contribution in [3.8, 4) is 11.5 Å². The molecule has 6 nitrogen and oxygen atoms in total. The third-order valence-electron chi connectivity index (χ3n) is 6.09. The predicted octanol–water partition coefficient (Wildman–Crippen LogP) is 5.57. The molecule has 0 aliphatic rings. The lowest BCUT2D eigenvalue weighted by molar-refractivity contribution is -0.145. The summed E-state index contributed by atoms with van der Waals surface area (Å²) in [6.45, 7) is 0.643. The van der Waals surface area contributed by atoms with Gasteiger partial charge in [-0.05, 0) is 46.5 Å². The van der Waals surface area contributed by atoms with Crippen LogP contribution in [0.3, 0.4) is 0 Å². The van der Waals surface area contributed by atoms with Crippen molar-refractivity contribution in [1.82, 2.24) is 5.32 Å². The fourth-order valence-electron chi connectivity index (χ4n) is 4.03. The summed E-state index contributed by atoms with van der Waals surface area (Å²) < 4.78 is 43.8. The van der Waals surface area contributed by atoms with Crippen molar-refractivity contribution >= 4 is 11.9 Å². The number of carbonyl (C=O) groups excluding carboxylic acids is 2. The highest BCUT2D eigenvalue weighted by Gasteiger charge is 2.23. The van der Waals surface area contributed by atoms with Crippen LogP contribution in [0, 0.1) is 11.6 Å². The van der Waals surface area contributed by atoms with Crippen LogP contribution in [0.25, 0.3) is 0 Å². The molecular weight excluding hydrogens is 516 g/mol. The zero-order chi connectivity index (χ0) is 28.3.